The Bertz CT molecular complexity index is 953. The van der Waals surface area contributed by atoms with Gasteiger partial charge in [0.15, 0.2) is 5.65 Å². The van der Waals surface area contributed by atoms with E-state index in [1.54, 1.807) is 23.0 Å². The molecule has 3 aromatic rings. The summed E-state index contributed by atoms with van der Waals surface area (Å²) in [5, 5.41) is 7.08. The fourth-order valence-electron chi connectivity index (χ4n) is 3.45. The Hall–Kier alpha value is -3.22. The van der Waals surface area contributed by atoms with Crippen molar-refractivity contribution in [1.29, 1.82) is 0 Å². The molecule has 27 heavy (non-hydrogen) atoms. The van der Waals surface area contributed by atoms with Crippen LogP contribution in [0.2, 0.25) is 0 Å². The molecule has 4 rings (SSSR count). The largest absolute Gasteiger partial charge is 0.347 e. The lowest BCUT2D eigenvalue weighted by Crippen LogP contribution is -2.37. The summed E-state index contributed by atoms with van der Waals surface area (Å²) in [4.78, 5) is 30.8. The lowest BCUT2D eigenvalue weighted by Gasteiger charge is -2.17. The molecule has 1 aliphatic heterocycles. The summed E-state index contributed by atoms with van der Waals surface area (Å²) >= 11 is 0. The predicted molar refractivity (Wildman–Crippen MR) is 100 cm³/mol. The molecule has 0 bridgehead atoms. The topological polar surface area (TPSA) is 79.6 Å². The van der Waals surface area contributed by atoms with Crippen LogP contribution in [0.1, 0.15) is 28.8 Å². The van der Waals surface area contributed by atoms with Gasteiger partial charge >= 0.3 is 0 Å². The summed E-state index contributed by atoms with van der Waals surface area (Å²) in [5.74, 6) is -0.154. The van der Waals surface area contributed by atoms with Crippen LogP contribution in [0.5, 0.6) is 0 Å². The average Bonchev–Trinajstić information content (AvgIpc) is 3.26. The molecule has 0 saturated carbocycles. The number of amides is 2. The minimum Gasteiger partial charge on any atom is -0.347 e. The number of fused-ring (bicyclic) bond motifs is 1. The number of aromatic nitrogens is 3. The van der Waals surface area contributed by atoms with E-state index >= 15 is 0 Å². The van der Waals surface area contributed by atoms with Crippen molar-refractivity contribution in [2.45, 2.75) is 25.3 Å². The molecule has 1 aliphatic rings. The first-order chi connectivity index (χ1) is 13.2. The molecule has 2 amide bonds. The minimum absolute atomic E-state index is 0.0892. The molecule has 0 radical (unpaired) electrons. The monoisotopic (exact) mass is 363 g/mol. The Morgan fingerprint density at radius 3 is 2.93 bits per heavy atom. The fourth-order valence-corrected chi connectivity index (χ4v) is 3.45. The molecule has 7 heteroatoms. The number of hydrogen-bond acceptors (Lipinski definition) is 4. The van der Waals surface area contributed by atoms with E-state index in [1.165, 1.54) is 11.8 Å². The van der Waals surface area contributed by atoms with Crippen LogP contribution >= 0.6 is 0 Å². The van der Waals surface area contributed by atoms with E-state index in [9.17, 15) is 9.59 Å². The summed E-state index contributed by atoms with van der Waals surface area (Å²) in [6.07, 6.45) is 7.06. The Morgan fingerprint density at radius 2 is 2.07 bits per heavy atom. The number of hydrogen-bond donors (Lipinski definition) is 1. The molecule has 1 atom stereocenters. The van der Waals surface area contributed by atoms with Crippen LogP contribution in [0.4, 0.5) is 0 Å². The van der Waals surface area contributed by atoms with E-state index in [1.807, 2.05) is 23.1 Å². The van der Waals surface area contributed by atoms with Crippen molar-refractivity contribution in [1.82, 2.24) is 24.8 Å². The quantitative estimate of drug-likeness (QED) is 0.723. The van der Waals surface area contributed by atoms with E-state index in [0.29, 0.717) is 30.7 Å². The molecule has 2 aromatic heterocycles. The van der Waals surface area contributed by atoms with Gasteiger partial charge in [0.1, 0.15) is 5.56 Å². The molecular weight excluding hydrogens is 342 g/mol. The first kappa shape index (κ1) is 17.2. The van der Waals surface area contributed by atoms with Crippen molar-refractivity contribution in [2.24, 2.45) is 0 Å². The summed E-state index contributed by atoms with van der Waals surface area (Å²) in [7, 11) is 0. The van der Waals surface area contributed by atoms with E-state index in [2.05, 4.69) is 27.5 Å². The number of nitrogens with one attached hydrogen (secondary N) is 1. The molecular formula is C20H21N5O2. The average molecular weight is 363 g/mol. The van der Waals surface area contributed by atoms with Gasteiger partial charge in [0.25, 0.3) is 5.91 Å². The number of rotatable bonds is 6. The molecule has 1 aromatic carbocycles. The van der Waals surface area contributed by atoms with E-state index in [0.717, 1.165) is 12.8 Å². The summed E-state index contributed by atoms with van der Waals surface area (Å²) in [6.45, 7) is 1.25. The molecule has 1 saturated heterocycles. The van der Waals surface area contributed by atoms with Crippen molar-refractivity contribution in [3.05, 3.63) is 66.1 Å². The van der Waals surface area contributed by atoms with E-state index in [-0.39, 0.29) is 17.9 Å². The van der Waals surface area contributed by atoms with Crippen molar-refractivity contribution in [3.63, 3.8) is 0 Å². The van der Waals surface area contributed by atoms with Crippen molar-refractivity contribution >= 4 is 17.5 Å². The third-order valence-corrected chi connectivity index (χ3v) is 4.81. The molecule has 1 N–H and O–H groups in total. The lowest BCUT2D eigenvalue weighted by molar-refractivity contribution is -0.127. The number of carbonyl (C=O) groups excluding carboxylic acids is 2. The van der Waals surface area contributed by atoms with Gasteiger partial charge in [-0.3, -0.25) is 9.59 Å². The van der Waals surface area contributed by atoms with Crippen LogP contribution in [-0.4, -0.2) is 50.4 Å². The van der Waals surface area contributed by atoms with Crippen molar-refractivity contribution in [3.8, 4) is 0 Å². The summed E-state index contributed by atoms with van der Waals surface area (Å²) in [6, 6.07) is 11.8. The maximum Gasteiger partial charge on any atom is 0.257 e. The minimum atomic E-state index is -0.243. The second-order valence-corrected chi connectivity index (χ2v) is 6.75. The molecule has 0 aliphatic carbocycles. The van der Waals surface area contributed by atoms with E-state index in [4.69, 9.17) is 0 Å². The SMILES string of the molecule is O=C(NC1CC(=O)N(CCCc2ccccc2)C1)c1cnn2cccnc12. The van der Waals surface area contributed by atoms with Gasteiger partial charge in [-0.1, -0.05) is 30.3 Å². The van der Waals surface area contributed by atoms with Crippen molar-refractivity contribution < 1.29 is 9.59 Å². The maximum atomic E-state index is 12.6. The molecule has 1 unspecified atom stereocenters. The van der Waals surface area contributed by atoms with Gasteiger partial charge in [0.2, 0.25) is 5.91 Å². The van der Waals surface area contributed by atoms with Crippen LogP contribution < -0.4 is 5.32 Å². The Labute approximate surface area is 157 Å². The summed E-state index contributed by atoms with van der Waals surface area (Å²) in [5.41, 5.74) is 2.21. The maximum absolute atomic E-state index is 12.6. The lowest BCUT2D eigenvalue weighted by atomic mass is 10.1. The molecule has 1 fully saturated rings. The first-order valence-electron chi connectivity index (χ1n) is 9.11. The van der Waals surface area contributed by atoms with Gasteiger partial charge in [-0.05, 0) is 24.5 Å². The third kappa shape index (κ3) is 3.81. The van der Waals surface area contributed by atoms with Gasteiger partial charge in [-0.15, -0.1) is 0 Å². The highest BCUT2D eigenvalue weighted by Gasteiger charge is 2.30. The van der Waals surface area contributed by atoms with Crippen LogP contribution in [-0.2, 0) is 11.2 Å². The van der Waals surface area contributed by atoms with Gasteiger partial charge in [-0.2, -0.15) is 5.10 Å². The fraction of sp³-hybridized carbons (Fsp3) is 0.300. The highest BCUT2D eigenvalue weighted by Crippen LogP contribution is 2.14. The zero-order chi connectivity index (χ0) is 18.6. The van der Waals surface area contributed by atoms with Crippen molar-refractivity contribution in [2.75, 3.05) is 13.1 Å². The second-order valence-electron chi connectivity index (χ2n) is 6.75. The molecule has 138 valence electrons. The standard InChI is InChI=1S/C20H21N5O2/c26-18-12-16(14-24(18)10-4-8-15-6-2-1-3-7-15)23-20(27)17-13-22-25-11-5-9-21-19(17)25/h1-3,5-7,9,11,13,16H,4,8,10,12,14H2,(H,23,27). The van der Waals surface area contributed by atoms with Gasteiger partial charge < -0.3 is 10.2 Å². The zero-order valence-corrected chi connectivity index (χ0v) is 14.9. The number of carbonyl (C=O) groups is 2. The summed E-state index contributed by atoms with van der Waals surface area (Å²) < 4.78 is 1.56. The number of aryl methyl sites for hydroxylation is 1. The number of benzene rings is 1. The van der Waals surface area contributed by atoms with Gasteiger partial charge in [0.05, 0.1) is 12.2 Å². The zero-order valence-electron chi connectivity index (χ0n) is 14.9. The Balaban J connectivity index is 1.31. The van der Waals surface area contributed by atoms with Crippen LogP contribution in [0.15, 0.2) is 55.0 Å². The van der Waals surface area contributed by atoms with Crippen LogP contribution in [0.3, 0.4) is 0 Å². The van der Waals surface area contributed by atoms with E-state index < -0.39 is 0 Å². The second kappa shape index (κ2) is 7.57. The van der Waals surface area contributed by atoms with Gasteiger partial charge in [-0.25, -0.2) is 9.50 Å². The normalized spacial score (nSPS) is 16.8. The highest BCUT2D eigenvalue weighted by molar-refractivity contribution is 6.00. The molecule has 3 heterocycles. The van der Waals surface area contributed by atoms with Gasteiger partial charge in [0, 0.05) is 31.9 Å². The third-order valence-electron chi connectivity index (χ3n) is 4.81. The molecule has 0 spiro atoms. The highest BCUT2D eigenvalue weighted by atomic mass is 16.2. The number of nitrogens with zero attached hydrogens (tertiary/aromatic N) is 4. The number of likely N-dealkylation sites (tertiary alicyclic amines) is 1. The Kier molecular flexibility index (Phi) is 4.82. The molecule has 7 nitrogen and oxygen atoms in total. The predicted octanol–water partition coefficient (Wildman–Crippen LogP) is 1.69. The Morgan fingerprint density at radius 1 is 1.22 bits per heavy atom. The smallest absolute Gasteiger partial charge is 0.257 e. The van der Waals surface area contributed by atoms with Crippen LogP contribution in [0, 0.1) is 0 Å². The first-order valence-corrected chi connectivity index (χ1v) is 9.11. The van der Waals surface area contributed by atoms with Crippen LogP contribution in [0.25, 0.3) is 5.65 Å².